The molecule has 2 N–H and O–H groups in total. The van der Waals surface area contributed by atoms with E-state index < -0.39 is 5.97 Å². The van der Waals surface area contributed by atoms with Crippen LogP contribution < -0.4 is 5.43 Å². The fourth-order valence-corrected chi connectivity index (χ4v) is 1.92. The average molecular weight is 248 g/mol. The number of hydrogen-bond acceptors (Lipinski definition) is 3. The second-order valence-electron chi connectivity index (χ2n) is 4.27. The van der Waals surface area contributed by atoms with E-state index in [0.29, 0.717) is 18.1 Å². The van der Waals surface area contributed by atoms with E-state index in [1.807, 2.05) is 30.7 Å². The predicted molar refractivity (Wildman–Crippen MR) is 67.4 cm³/mol. The van der Waals surface area contributed by atoms with Crippen molar-refractivity contribution in [2.24, 2.45) is 0 Å². The first-order chi connectivity index (χ1) is 8.49. The van der Waals surface area contributed by atoms with Crippen molar-refractivity contribution in [3.63, 3.8) is 0 Å². The van der Waals surface area contributed by atoms with E-state index in [9.17, 15) is 4.79 Å². The molecule has 0 bridgehead atoms. The third kappa shape index (κ3) is 2.25. The molecule has 0 spiro atoms. The number of furan rings is 1. The van der Waals surface area contributed by atoms with Crippen molar-refractivity contribution in [1.29, 1.82) is 0 Å². The van der Waals surface area contributed by atoms with Gasteiger partial charge in [-0.2, -0.15) is 0 Å². The lowest BCUT2D eigenvalue weighted by molar-refractivity contribution is 0.0695. The number of nitrogens with one attached hydrogen (secondary N) is 1. The van der Waals surface area contributed by atoms with Gasteiger partial charge in [0.05, 0.1) is 6.54 Å². The van der Waals surface area contributed by atoms with Crippen molar-refractivity contribution in [2.45, 2.75) is 27.3 Å². The maximum absolute atomic E-state index is 10.9. The third-order valence-electron chi connectivity index (χ3n) is 2.88. The van der Waals surface area contributed by atoms with E-state index in [4.69, 9.17) is 9.52 Å². The average Bonchev–Trinajstić information content (AvgIpc) is 2.81. The van der Waals surface area contributed by atoms with Gasteiger partial charge in [-0.25, -0.2) is 4.79 Å². The Morgan fingerprint density at radius 3 is 2.44 bits per heavy atom. The summed E-state index contributed by atoms with van der Waals surface area (Å²) in [6, 6.07) is 5.58. The molecule has 2 heterocycles. The van der Waals surface area contributed by atoms with Gasteiger partial charge >= 0.3 is 5.97 Å². The molecule has 5 nitrogen and oxygen atoms in total. The summed E-state index contributed by atoms with van der Waals surface area (Å²) in [6.45, 7) is 6.09. The van der Waals surface area contributed by atoms with Crippen molar-refractivity contribution in [3.8, 4) is 0 Å². The van der Waals surface area contributed by atoms with Gasteiger partial charge < -0.3 is 14.9 Å². The van der Waals surface area contributed by atoms with Gasteiger partial charge in [0.2, 0.25) is 0 Å². The van der Waals surface area contributed by atoms with Crippen LogP contribution in [0.15, 0.2) is 22.6 Å². The van der Waals surface area contributed by atoms with Crippen LogP contribution in [0.4, 0.5) is 0 Å². The maximum atomic E-state index is 10.9. The summed E-state index contributed by atoms with van der Waals surface area (Å²) >= 11 is 0. The number of hydrogen-bond donors (Lipinski definition) is 2. The molecule has 96 valence electrons. The topological polar surface area (TPSA) is 67.4 Å². The molecule has 0 saturated carbocycles. The Labute approximate surface area is 105 Å². The van der Waals surface area contributed by atoms with Crippen LogP contribution >= 0.6 is 0 Å². The smallest absolute Gasteiger partial charge is 0.339 e. The highest BCUT2D eigenvalue weighted by atomic mass is 16.4. The Morgan fingerprint density at radius 1 is 1.33 bits per heavy atom. The van der Waals surface area contributed by atoms with Gasteiger partial charge in [-0.1, -0.05) is 0 Å². The molecule has 0 aliphatic carbocycles. The first-order valence-corrected chi connectivity index (χ1v) is 5.70. The Hall–Kier alpha value is -2.17. The van der Waals surface area contributed by atoms with E-state index in [0.717, 1.165) is 11.4 Å². The van der Waals surface area contributed by atoms with E-state index in [2.05, 4.69) is 5.43 Å². The molecule has 0 aromatic carbocycles. The zero-order valence-corrected chi connectivity index (χ0v) is 10.7. The molecular weight excluding hydrogens is 232 g/mol. The van der Waals surface area contributed by atoms with Gasteiger partial charge in [0.1, 0.15) is 17.1 Å². The number of carbonyl (C=O) groups is 1. The standard InChI is InChI=1S/C13H16N2O3/c1-8-4-5-9(2)15(8)14-7-11-6-12(13(16)17)10(3)18-11/h4-6,14H,7H2,1-3H3,(H,16,17). The number of aromatic carboxylic acids is 1. The van der Waals surface area contributed by atoms with Gasteiger partial charge in [0.25, 0.3) is 0 Å². The van der Waals surface area contributed by atoms with Crippen LogP contribution in [0.25, 0.3) is 0 Å². The van der Waals surface area contributed by atoms with Crippen LogP contribution in [0.5, 0.6) is 0 Å². The number of rotatable bonds is 4. The van der Waals surface area contributed by atoms with E-state index in [-0.39, 0.29) is 5.56 Å². The van der Waals surface area contributed by atoms with Crippen LogP contribution in [0.3, 0.4) is 0 Å². The summed E-state index contributed by atoms with van der Waals surface area (Å²) in [5.74, 6) is 0.0773. The lowest BCUT2D eigenvalue weighted by Crippen LogP contribution is -2.16. The number of aryl methyl sites for hydroxylation is 3. The van der Waals surface area contributed by atoms with Crippen molar-refractivity contribution in [3.05, 3.63) is 46.7 Å². The van der Waals surface area contributed by atoms with Gasteiger partial charge in [-0.05, 0) is 39.0 Å². The van der Waals surface area contributed by atoms with Crippen LogP contribution in [0.1, 0.15) is 33.3 Å². The van der Waals surface area contributed by atoms with Gasteiger partial charge in [0.15, 0.2) is 0 Å². The van der Waals surface area contributed by atoms with Gasteiger partial charge in [-0.15, -0.1) is 0 Å². The molecule has 0 radical (unpaired) electrons. The zero-order chi connectivity index (χ0) is 13.3. The minimum absolute atomic E-state index is 0.216. The summed E-state index contributed by atoms with van der Waals surface area (Å²) in [7, 11) is 0. The highest BCUT2D eigenvalue weighted by Crippen LogP contribution is 2.15. The summed E-state index contributed by atoms with van der Waals surface area (Å²) in [5.41, 5.74) is 5.59. The molecule has 0 atom stereocenters. The summed E-state index contributed by atoms with van der Waals surface area (Å²) < 4.78 is 7.34. The van der Waals surface area contributed by atoms with Gasteiger partial charge in [-0.3, -0.25) is 4.68 Å². The Morgan fingerprint density at radius 2 is 1.94 bits per heavy atom. The third-order valence-corrected chi connectivity index (χ3v) is 2.88. The molecule has 0 aliphatic heterocycles. The molecule has 0 unspecified atom stereocenters. The van der Waals surface area contributed by atoms with Crippen LogP contribution in [0.2, 0.25) is 0 Å². The van der Waals surface area contributed by atoms with Gasteiger partial charge in [0, 0.05) is 11.4 Å². The normalized spacial score (nSPS) is 10.6. The highest BCUT2D eigenvalue weighted by Gasteiger charge is 2.13. The fraction of sp³-hybridized carbons (Fsp3) is 0.308. The van der Waals surface area contributed by atoms with Crippen LogP contribution in [-0.2, 0) is 6.54 Å². The number of aromatic nitrogens is 1. The molecule has 5 heteroatoms. The summed E-state index contributed by atoms with van der Waals surface area (Å²) in [5, 5.41) is 8.93. The molecule has 2 aromatic rings. The molecule has 2 aromatic heterocycles. The van der Waals surface area contributed by atoms with Crippen molar-refractivity contribution < 1.29 is 14.3 Å². The fourth-order valence-electron chi connectivity index (χ4n) is 1.92. The van der Waals surface area contributed by atoms with Crippen molar-refractivity contribution in [2.75, 3.05) is 5.43 Å². The lowest BCUT2D eigenvalue weighted by atomic mass is 10.2. The predicted octanol–water partition coefficient (Wildman–Crippen LogP) is 2.45. The first-order valence-electron chi connectivity index (χ1n) is 5.70. The molecule has 0 aliphatic rings. The second kappa shape index (κ2) is 4.60. The largest absolute Gasteiger partial charge is 0.478 e. The van der Waals surface area contributed by atoms with E-state index in [1.165, 1.54) is 0 Å². The van der Waals surface area contributed by atoms with E-state index >= 15 is 0 Å². The monoisotopic (exact) mass is 248 g/mol. The molecule has 0 fully saturated rings. The minimum Gasteiger partial charge on any atom is -0.478 e. The number of nitrogens with zero attached hydrogens (tertiary/aromatic N) is 1. The lowest BCUT2D eigenvalue weighted by Gasteiger charge is -2.10. The second-order valence-corrected chi connectivity index (χ2v) is 4.27. The minimum atomic E-state index is -0.962. The quantitative estimate of drug-likeness (QED) is 0.872. The van der Waals surface area contributed by atoms with Crippen LogP contribution in [0, 0.1) is 20.8 Å². The van der Waals surface area contributed by atoms with Crippen molar-refractivity contribution in [1.82, 2.24) is 4.68 Å². The Bertz CT molecular complexity index is 562. The molecule has 0 saturated heterocycles. The SMILES string of the molecule is Cc1oc(CNn2c(C)ccc2C)cc1C(=O)O. The molecule has 18 heavy (non-hydrogen) atoms. The molecule has 2 rings (SSSR count). The van der Waals surface area contributed by atoms with Crippen LogP contribution in [-0.4, -0.2) is 15.8 Å². The summed E-state index contributed by atoms with van der Waals surface area (Å²) in [4.78, 5) is 10.9. The number of carboxylic acids is 1. The summed E-state index contributed by atoms with van der Waals surface area (Å²) in [6.07, 6.45) is 0. The maximum Gasteiger partial charge on any atom is 0.339 e. The zero-order valence-electron chi connectivity index (χ0n) is 10.7. The number of carboxylic acid groups (broad SMARTS) is 1. The first kappa shape index (κ1) is 12.3. The molecule has 0 amide bonds. The Balaban J connectivity index is 2.11. The van der Waals surface area contributed by atoms with E-state index in [1.54, 1.807) is 13.0 Å². The van der Waals surface area contributed by atoms with Crippen molar-refractivity contribution >= 4 is 5.97 Å². The Kier molecular flexibility index (Phi) is 3.14. The highest BCUT2D eigenvalue weighted by molar-refractivity contribution is 5.88. The molecular formula is C13H16N2O3.